The van der Waals surface area contributed by atoms with E-state index in [0.29, 0.717) is 24.4 Å². The van der Waals surface area contributed by atoms with Crippen LogP contribution < -0.4 is 5.32 Å². The first-order valence-corrected chi connectivity index (χ1v) is 8.56. The van der Waals surface area contributed by atoms with Gasteiger partial charge >= 0.3 is 0 Å². The third-order valence-electron chi connectivity index (χ3n) is 4.56. The lowest BCUT2D eigenvalue weighted by molar-refractivity contribution is 0.0939. The molecule has 1 aromatic carbocycles. The highest BCUT2D eigenvalue weighted by Crippen LogP contribution is 2.23. The van der Waals surface area contributed by atoms with E-state index in [-0.39, 0.29) is 5.91 Å². The Kier molecular flexibility index (Phi) is 4.13. The second kappa shape index (κ2) is 6.59. The standard InChI is InChI=1S/C21H20N2O3/c1-14-5-3-4-6-16(14)13-23-18-9-10-25-20(18)11-19(23)21(24)22-12-17-8-7-15(2)26-17/h3-11H,12-13H2,1-2H3,(H,22,24). The first kappa shape index (κ1) is 16.3. The Hall–Kier alpha value is -3.21. The number of nitrogens with one attached hydrogen (secondary N) is 1. The molecule has 0 atom stereocenters. The van der Waals surface area contributed by atoms with Gasteiger partial charge in [0.15, 0.2) is 5.58 Å². The molecule has 3 aromatic heterocycles. The number of nitrogens with zero attached hydrogens (tertiary/aromatic N) is 1. The van der Waals surface area contributed by atoms with E-state index >= 15 is 0 Å². The fourth-order valence-electron chi connectivity index (χ4n) is 3.13. The molecule has 0 saturated carbocycles. The highest BCUT2D eigenvalue weighted by molar-refractivity contribution is 5.97. The van der Waals surface area contributed by atoms with Gasteiger partial charge < -0.3 is 18.7 Å². The van der Waals surface area contributed by atoms with Gasteiger partial charge in [-0.25, -0.2) is 0 Å². The molecule has 0 bridgehead atoms. The SMILES string of the molecule is Cc1ccc(CNC(=O)c2cc3occc3n2Cc2ccccc2C)o1. The van der Waals surface area contributed by atoms with Crippen LogP contribution in [0.3, 0.4) is 0 Å². The van der Waals surface area contributed by atoms with Gasteiger partial charge in [-0.1, -0.05) is 24.3 Å². The molecular formula is C21H20N2O3. The fraction of sp³-hybridized carbons (Fsp3) is 0.190. The first-order chi connectivity index (χ1) is 12.6. The van der Waals surface area contributed by atoms with Crippen molar-refractivity contribution < 1.29 is 13.6 Å². The Bertz CT molecular complexity index is 1070. The summed E-state index contributed by atoms with van der Waals surface area (Å²) in [6, 6.07) is 15.6. The number of rotatable bonds is 5. The van der Waals surface area contributed by atoms with Gasteiger partial charge in [-0.2, -0.15) is 0 Å². The lowest BCUT2D eigenvalue weighted by Gasteiger charge is -2.12. The largest absolute Gasteiger partial charge is 0.465 e. The number of benzene rings is 1. The molecule has 5 heteroatoms. The minimum absolute atomic E-state index is 0.154. The number of hydrogen-bond acceptors (Lipinski definition) is 3. The van der Waals surface area contributed by atoms with Crippen LogP contribution in [0.25, 0.3) is 11.1 Å². The van der Waals surface area contributed by atoms with Gasteiger partial charge in [0.2, 0.25) is 0 Å². The fourth-order valence-corrected chi connectivity index (χ4v) is 3.13. The molecule has 0 aliphatic carbocycles. The number of carbonyl (C=O) groups is 1. The molecule has 1 N–H and O–H groups in total. The lowest BCUT2D eigenvalue weighted by atomic mass is 10.1. The predicted octanol–water partition coefficient (Wildman–Crippen LogP) is 4.42. The number of aromatic nitrogens is 1. The molecule has 0 unspecified atom stereocenters. The number of hydrogen-bond donors (Lipinski definition) is 1. The number of amides is 1. The maximum absolute atomic E-state index is 12.8. The summed E-state index contributed by atoms with van der Waals surface area (Å²) in [7, 11) is 0. The van der Waals surface area contributed by atoms with E-state index in [0.717, 1.165) is 17.0 Å². The van der Waals surface area contributed by atoms with Gasteiger partial charge in [0.05, 0.1) is 18.3 Å². The second-order valence-electron chi connectivity index (χ2n) is 6.41. The molecule has 0 aliphatic rings. The summed E-state index contributed by atoms with van der Waals surface area (Å²) in [5.74, 6) is 1.41. The van der Waals surface area contributed by atoms with Gasteiger partial charge in [0.25, 0.3) is 5.91 Å². The average molecular weight is 348 g/mol. The van der Waals surface area contributed by atoms with E-state index < -0.39 is 0 Å². The average Bonchev–Trinajstić information content (AvgIpc) is 3.32. The van der Waals surface area contributed by atoms with Crippen molar-refractivity contribution in [2.24, 2.45) is 0 Å². The van der Waals surface area contributed by atoms with E-state index in [1.54, 1.807) is 12.3 Å². The van der Waals surface area contributed by atoms with Crippen molar-refractivity contribution >= 4 is 17.0 Å². The van der Waals surface area contributed by atoms with E-state index in [9.17, 15) is 4.79 Å². The lowest BCUT2D eigenvalue weighted by Crippen LogP contribution is -2.25. The normalized spacial score (nSPS) is 11.2. The highest BCUT2D eigenvalue weighted by Gasteiger charge is 2.18. The predicted molar refractivity (Wildman–Crippen MR) is 99.1 cm³/mol. The molecule has 4 rings (SSSR count). The second-order valence-corrected chi connectivity index (χ2v) is 6.41. The van der Waals surface area contributed by atoms with Crippen molar-refractivity contribution in [2.75, 3.05) is 0 Å². The Labute approximate surface area is 151 Å². The Morgan fingerprint density at radius 1 is 1.12 bits per heavy atom. The zero-order valence-corrected chi connectivity index (χ0v) is 14.8. The van der Waals surface area contributed by atoms with Gasteiger partial charge in [-0.3, -0.25) is 4.79 Å². The highest BCUT2D eigenvalue weighted by atomic mass is 16.3. The maximum Gasteiger partial charge on any atom is 0.268 e. The quantitative estimate of drug-likeness (QED) is 0.581. The Morgan fingerprint density at radius 2 is 1.96 bits per heavy atom. The molecule has 5 nitrogen and oxygen atoms in total. The third kappa shape index (κ3) is 3.04. The van der Waals surface area contributed by atoms with Crippen LogP contribution in [0.15, 0.2) is 63.6 Å². The smallest absolute Gasteiger partial charge is 0.268 e. The number of aryl methyl sites for hydroxylation is 2. The monoisotopic (exact) mass is 348 g/mol. The number of carbonyl (C=O) groups excluding carboxylic acids is 1. The van der Waals surface area contributed by atoms with Crippen molar-refractivity contribution in [3.8, 4) is 0 Å². The molecule has 0 saturated heterocycles. The minimum Gasteiger partial charge on any atom is -0.465 e. The van der Waals surface area contributed by atoms with Crippen LogP contribution in [0, 0.1) is 13.8 Å². The number of fused-ring (bicyclic) bond motifs is 1. The van der Waals surface area contributed by atoms with Crippen LogP contribution in [0.5, 0.6) is 0 Å². The molecule has 0 aliphatic heterocycles. The Balaban J connectivity index is 1.63. The van der Waals surface area contributed by atoms with Gasteiger partial charge in [-0.05, 0) is 37.1 Å². The molecule has 4 aromatic rings. The summed E-state index contributed by atoms with van der Waals surface area (Å²) in [5.41, 5.74) is 4.55. The molecule has 0 radical (unpaired) electrons. The molecule has 0 fully saturated rings. The van der Waals surface area contributed by atoms with Crippen LogP contribution >= 0.6 is 0 Å². The summed E-state index contributed by atoms with van der Waals surface area (Å²) >= 11 is 0. The van der Waals surface area contributed by atoms with E-state index in [1.807, 2.05) is 41.8 Å². The zero-order valence-electron chi connectivity index (χ0n) is 14.8. The molecule has 3 heterocycles. The van der Waals surface area contributed by atoms with Crippen LogP contribution in [0.1, 0.15) is 33.1 Å². The summed E-state index contributed by atoms with van der Waals surface area (Å²) in [6.07, 6.45) is 1.65. The van der Waals surface area contributed by atoms with E-state index in [1.165, 1.54) is 11.1 Å². The van der Waals surface area contributed by atoms with Crippen LogP contribution in [-0.4, -0.2) is 10.5 Å². The van der Waals surface area contributed by atoms with E-state index in [2.05, 4.69) is 24.4 Å². The van der Waals surface area contributed by atoms with Gasteiger partial charge in [0, 0.05) is 18.7 Å². The van der Waals surface area contributed by atoms with E-state index in [4.69, 9.17) is 8.83 Å². The molecule has 0 spiro atoms. The van der Waals surface area contributed by atoms with Crippen LogP contribution in [-0.2, 0) is 13.1 Å². The van der Waals surface area contributed by atoms with Crippen molar-refractivity contribution in [3.63, 3.8) is 0 Å². The van der Waals surface area contributed by atoms with Gasteiger partial charge in [-0.15, -0.1) is 0 Å². The third-order valence-corrected chi connectivity index (χ3v) is 4.56. The molecule has 132 valence electrons. The molecule has 26 heavy (non-hydrogen) atoms. The minimum atomic E-state index is -0.154. The number of furan rings is 2. The molecule has 1 amide bonds. The van der Waals surface area contributed by atoms with Crippen LogP contribution in [0.2, 0.25) is 0 Å². The van der Waals surface area contributed by atoms with Crippen LogP contribution in [0.4, 0.5) is 0 Å². The first-order valence-electron chi connectivity index (χ1n) is 8.56. The van der Waals surface area contributed by atoms with Crippen molar-refractivity contribution in [3.05, 3.63) is 83.1 Å². The Morgan fingerprint density at radius 3 is 2.73 bits per heavy atom. The summed E-state index contributed by atoms with van der Waals surface area (Å²) in [6.45, 7) is 4.92. The van der Waals surface area contributed by atoms with Crippen molar-refractivity contribution in [1.29, 1.82) is 0 Å². The summed E-state index contributed by atoms with van der Waals surface area (Å²) in [4.78, 5) is 12.8. The zero-order chi connectivity index (χ0) is 18.1. The summed E-state index contributed by atoms with van der Waals surface area (Å²) in [5, 5.41) is 2.92. The molecular weight excluding hydrogens is 328 g/mol. The maximum atomic E-state index is 12.8. The van der Waals surface area contributed by atoms with Crippen molar-refractivity contribution in [1.82, 2.24) is 9.88 Å². The van der Waals surface area contributed by atoms with Crippen molar-refractivity contribution in [2.45, 2.75) is 26.9 Å². The topological polar surface area (TPSA) is 60.3 Å². The summed E-state index contributed by atoms with van der Waals surface area (Å²) < 4.78 is 13.0. The van der Waals surface area contributed by atoms with Gasteiger partial charge in [0.1, 0.15) is 17.2 Å².